The van der Waals surface area contributed by atoms with Crippen molar-refractivity contribution in [2.75, 3.05) is 53.4 Å². The number of likely N-dealkylation sites (tertiary alicyclic amines) is 2. The van der Waals surface area contributed by atoms with E-state index >= 15 is 0 Å². The number of ether oxygens (including phenoxy) is 1. The second-order valence-corrected chi connectivity index (χ2v) is 9.47. The number of halogens is 1. The molecule has 3 aliphatic heterocycles. The maximum atomic E-state index is 12.1. The van der Waals surface area contributed by atoms with Gasteiger partial charge in [0.05, 0.1) is 6.10 Å². The number of fused-ring (bicyclic) bond motifs is 1. The largest absolute Gasteiger partial charge is 0.376 e. The van der Waals surface area contributed by atoms with Gasteiger partial charge in [0.1, 0.15) is 6.54 Å². The molecule has 0 spiro atoms. The summed E-state index contributed by atoms with van der Waals surface area (Å²) in [6.07, 6.45) is 10.4. The van der Waals surface area contributed by atoms with Crippen LogP contribution in [0.15, 0.2) is 4.99 Å². The molecule has 3 atom stereocenters. The molecule has 0 aromatic heterocycles. The van der Waals surface area contributed by atoms with Crippen molar-refractivity contribution in [2.24, 2.45) is 10.9 Å². The molecule has 8 heteroatoms. The average Bonchev–Trinajstić information content (AvgIpc) is 3.58. The number of nitrogens with one attached hydrogen (secondary N) is 1. The zero-order valence-corrected chi connectivity index (χ0v) is 21.1. The highest BCUT2D eigenvalue weighted by Gasteiger charge is 2.42. The van der Waals surface area contributed by atoms with Crippen LogP contribution in [-0.2, 0) is 9.53 Å². The lowest BCUT2D eigenvalue weighted by Gasteiger charge is -2.48. The van der Waals surface area contributed by atoms with Crippen molar-refractivity contribution >= 4 is 35.8 Å². The highest BCUT2D eigenvalue weighted by atomic mass is 127. The lowest BCUT2D eigenvalue weighted by atomic mass is 9.83. The molecule has 3 unspecified atom stereocenters. The van der Waals surface area contributed by atoms with Crippen LogP contribution in [0.4, 0.5) is 0 Å². The first-order valence-corrected chi connectivity index (χ1v) is 11.7. The van der Waals surface area contributed by atoms with Crippen LogP contribution >= 0.6 is 24.0 Å². The van der Waals surface area contributed by atoms with Crippen molar-refractivity contribution in [1.82, 2.24) is 20.0 Å². The van der Waals surface area contributed by atoms with Gasteiger partial charge in [0.25, 0.3) is 0 Å². The molecule has 4 aliphatic rings. The van der Waals surface area contributed by atoms with E-state index in [9.17, 15) is 4.79 Å². The van der Waals surface area contributed by atoms with Gasteiger partial charge in [-0.2, -0.15) is 0 Å². The van der Waals surface area contributed by atoms with E-state index in [4.69, 9.17) is 9.73 Å². The van der Waals surface area contributed by atoms with E-state index in [0.29, 0.717) is 0 Å². The minimum absolute atomic E-state index is 0. The zero-order chi connectivity index (χ0) is 20.2. The van der Waals surface area contributed by atoms with Crippen molar-refractivity contribution in [3.05, 3.63) is 0 Å². The second-order valence-electron chi connectivity index (χ2n) is 9.47. The highest BCUT2D eigenvalue weighted by Crippen LogP contribution is 2.38. The standard InChI is InChI=1S/C22H39N5O2.HI/c1-25(2)21(28)15-24-22(23-14-19-7-3-4-13-29-19)26-12-10-20-17(16-26)6-5-11-27(20)18-8-9-18;/h17-20H,3-16H2,1-2H3,(H,23,24);1H. The Morgan fingerprint density at radius 3 is 2.63 bits per heavy atom. The van der Waals surface area contributed by atoms with Gasteiger partial charge in [0.15, 0.2) is 5.96 Å². The fourth-order valence-electron chi connectivity index (χ4n) is 5.22. The summed E-state index contributed by atoms with van der Waals surface area (Å²) in [7, 11) is 3.58. The molecular formula is C22H40IN5O2. The number of rotatable bonds is 5. The van der Waals surface area contributed by atoms with E-state index in [1.54, 1.807) is 19.0 Å². The van der Waals surface area contributed by atoms with Crippen LogP contribution in [0.3, 0.4) is 0 Å². The van der Waals surface area contributed by atoms with Gasteiger partial charge in [-0.25, -0.2) is 4.99 Å². The van der Waals surface area contributed by atoms with Crippen molar-refractivity contribution in [2.45, 2.75) is 69.6 Å². The number of amides is 1. The number of likely N-dealkylation sites (N-methyl/N-ethyl adjacent to an activating group) is 1. The molecule has 1 saturated carbocycles. The van der Waals surface area contributed by atoms with Crippen molar-refractivity contribution < 1.29 is 9.53 Å². The Kier molecular flexibility index (Phi) is 9.07. The predicted molar refractivity (Wildman–Crippen MR) is 130 cm³/mol. The molecule has 4 fully saturated rings. The van der Waals surface area contributed by atoms with Crippen LogP contribution in [-0.4, -0.2) is 98.2 Å². The zero-order valence-electron chi connectivity index (χ0n) is 18.7. The molecular weight excluding hydrogens is 493 g/mol. The smallest absolute Gasteiger partial charge is 0.243 e. The van der Waals surface area contributed by atoms with Crippen molar-refractivity contribution in [3.63, 3.8) is 0 Å². The summed E-state index contributed by atoms with van der Waals surface area (Å²) in [5.74, 6) is 1.67. The third-order valence-corrected chi connectivity index (χ3v) is 7.05. The summed E-state index contributed by atoms with van der Waals surface area (Å²) < 4.78 is 5.89. The van der Waals surface area contributed by atoms with Crippen LogP contribution in [0.25, 0.3) is 0 Å². The normalized spacial score (nSPS) is 30.3. The maximum Gasteiger partial charge on any atom is 0.243 e. The van der Waals surface area contributed by atoms with Gasteiger partial charge in [0, 0.05) is 52.4 Å². The van der Waals surface area contributed by atoms with Crippen LogP contribution in [0.2, 0.25) is 0 Å². The van der Waals surface area contributed by atoms with E-state index in [1.807, 2.05) is 0 Å². The summed E-state index contributed by atoms with van der Waals surface area (Å²) in [6.45, 7) is 5.23. The predicted octanol–water partition coefficient (Wildman–Crippen LogP) is 2.16. The second kappa shape index (κ2) is 11.3. The molecule has 1 amide bonds. The van der Waals surface area contributed by atoms with E-state index in [1.165, 1.54) is 51.5 Å². The van der Waals surface area contributed by atoms with Gasteiger partial charge >= 0.3 is 0 Å². The monoisotopic (exact) mass is 533 g/mol. The molecule has 30 heavy (non-hydrogen) atoms. The van der Waals surface area contributed by atoms with Crippen LogP contribution in [0, 0.1) is 5.92 Å². The van der Waals surface area contributed by atoms with Crippen LogP contribution in [0.5, 0.6) is 0 Å². The van der Waals surface area contributed by atoms with E-state index in [-0.39, 0.29) is 42.5 Å². The Bertz CT molecular complexity index is 592. The summed E-state index contributed by atoms with van der Waals surface area (Å²) in [5, 5.41) is 3.56. The highest BCUT2D eigenvalue weighted by molar-refractivity contribution is 14.0. The van der Waals surface area contributed by atoms with Crippen LogP contribution in [0.1, 0.15) is 51.4 Å². The summed E-state index contributed by atoms with van der Waals surface area (Å²) >= 11 is 0. The van der Waals surface area contributed by atoms with Gasteiger partial charge in [0.2, 0.25) is 5.91 Å². The molecule has 0 aromatic rings. The molecule has 3 heterocycles. The Balaban J connectivity index is 0.00000256. The van der Waals surface area contributed by atoms with Gasteiger partial charge in [-0.15, -0.1) is 24.0 Å². The topological polar surface area (TPSA) is 60.4 Å². The molecule has 1 aliphatic carbocycles. The fourth-order valence-corrected chi connectivity index (χ4v) is 5.22. The van der Waals surface area contributed by atoms with E-state index in [2.05, 4.69) is 15.1 Å². The molecule has 0 aromatic carbocycles. The number of piperidine rings is 2. The first-order chi connectivity index (χ1) is 14.1. The Morgan fingerprint density at radius 2 is 1.93 bits per heavy atom. The molecule has 3 saturated heterocycles. The molecule has 172 valence electrons. The Morgan fingerprint density at radius 1 is 1.10 bits per heavy atom. The first kappa shape index (κ1) is 24.0. The van der Waals surface area contributed by atoms with Crippen LogP contribution < -0.4 is 5.32 Å². The Labute approximate surface area is 199 Å². The quantitative estimate of drug-likeness (QED) is 0.334. The number of nitrogens with zero attached hydrogens (tertiary/aromatic N) is 4. The van der Waals surface area contributed by atoms with Gasteiger partial charge in [-0.05, 0) is 63.8 Å². The van der Waals surface area contributed by atoms with Gasteiger partial charge in [-0.3, -0.25) is 9.69 Å². The summed E-state index contributed by atoms with van der Waals surface area (Å²) in [5.41, 5.74) is 0. The molecule has 0 bridgehead atoms. The third-order valence-electron chi connectivity index (χ3n) is 7.05. The number of hydrogen-bond acceptors (Lipinski definition) is 4. The van der Waals surface area contributed by atoms with E-state index in [0.717, 1.165) is 56.6 Å². The van der Waals surface area contributed by atoms with E-state index < -0.39 is 0 Å². The first-order valence-electron chi connectivity index (χ1n) is 11.7. The number of guanidine groups is 1. The van der Waals surface area contributed by atoms with Gasteiger partial charge < -0.3 is 19.9 Å². The number of hydrogen-bond donors (Lipinski definition) is 1. The molecule has 0 radical (unpaired) electrons. The minimum Gasteiger partial charge on any atom is -0.376 e. The lowest BCUT2D eigenvalue weighted by Crippen LogP contribution is -2.58. The number of carbonyl (C=O) groups excluding carboxylic acids is 1. The number of aliphatic imine (C=N–C) groups is 1. The maximum absolute atomic E-state index is 12.1. The molecule has 7 nitrogen and oxygen atoms in total. The fraction of sp³-hybridized carbons (Fsp3) is 0.909. The van der Waals surface area contributed by atoms with Gasteiger partial charge in [-0.1, -0.05) is 0 Å². The Hall–Kier alpha value is -0.610. The SMILES string of the molecule is CN(C)C(=O)CN=C(NCC1CCCCO1)N1CCC2C(CCCN2C2CC2)C1.I. The average molecular weight is 533 g/mol. The third kappa shape index (κ3) is 6.22. The minimum atomic E-state index is 0. The number of carbonyl (C=O) groups is 1. The summed E-state index contributed by atoms with van der Waals surface area (Å²) in [4.78, 5) is 23.7. The van der Waals surface area contributed by atoms with Crippen molar-refractivity contribution in [3.8, 4) is 0 Å². The molecule has 4 rings (SSSR count). The van der Waals surface area contributed by atoms with Crippen molar-refractivity contribution in [1.29, 1.82) is 0 Å². The molecule has 1 N–H and O–H groups in total. The lowest BCUT2D eigenvalue weighted by molar-refractivity contribution is -0.127. The summed E-state index contributed by atoms with van der Waals surface area (Å²) in [6, 6.07) is 1.61.